The van der Waals surface area contributed by atoms with Crippen LogP contribution in [-0.4, -0.2) is 54.7 Å². The molecule has 3 heterocycles. The Morgan fingerprint density at radius 1 is 0.970 bits per heavy atom. The molecular formula is C25H28ClN3O3S. The van der Waals surface area contributed by atoms with Crippen molar-refractivity contribution < 1.29 is 13.2 Å². The number of nitrogens with one attached hydrogen (secondary N) is 1. The summed E-state index contributed by atoms with van der Waals surface area (Å²) < 4.78 is 27.8. The van der Waals surface area contributed by atoms with Gasteiger partial charge < -0.3 is 9.88 Å². The van der Waals surface area contributed by atoms with E-state index in [0.717, 1.165) is 37.6 Å². The summed E-state index contributed by atoms with van der Waals surface area (Å²) in [5, 5.41) is 1.41. The number of benzene rings is 2. The second kappa shape index (κ2) is 9.12. The summed E-state index contributed by atoms with van der Waals surface area (Å²) in [6.45, 7) is 2.27. The summed E-state index contributed by atoms with van der Waals surface area (Å²) in [5.74, 6) is 0.254. The molecular weight excluding hydrogens is 458 g/mol. The molecule has 5 rings (SSSR count). The van der Waals surface area contributed by atoms with Crippen LogP contribution in [0.25, 0.3) is 10.9 Å². The van der Waals surface area contributed by atoms with Crippen LogP contribution < -0.4 is 0 Å². The maximum atomic E-state index is 13.2. The molecule has 0 spiro atoms. The number of fused-ring (bicyclic) bond motifs is 1. The molecule has 33 heavy (non-hydrogen) atoms. The standard InChI is InChI=1S/C25H28ClN3O3S/c26-22-9-8-19(16-24(22)33(31,32)29-12-4-1-5-13-29)25(30)28-14-10-18(11-15-28)21-17-27-23-7-3-2-6-20(21)23/h2-3,6-9,16-18,27H,1,4-5,10-15H2. The number of aromatic nitrogens is 1. The number of rotatable bonds is 4. The lowest BCUT2D eigenvalue weighted by Crippen LogP contribution is -2.38. The number of piperidine rings is 2. The Kier molecular flexibility index (Phi) is 6.20. The minimum Gasteiger partial charge on any atom is -0.361 e. The van der Waals surface area contributed by atoms with Gasteiger partial charge in [0, 0.05) is 48.8 Å². The molecule has 3 aromatic rings. The van der Waals surface area contributed by atoms with Gasteiger partial charge in [-0.05, 0) is 61.4 Å². The molecule has 2 saturated heterocycles. The highest BCUT2D eigenvalue weighted by molar-refractivity contribution is 7.89. The quantitative estimate of drug-likeness (QED) is 0.564. The molecule has 2 aliphatic heterocycles. The molecule has 0 aliphatic carbocycles. The number of amides is 1. The lowest BCUT2D eigenvalue weighted by atomic mass is 9.89. The zero-order valence-electron chi connectivity index (χ0n) is 18.5. The average molecular weight is 486 g/mol. The first-order valence-electron chi connectivity index (χ1n) is 11.6. The van der Waals surface area contributed by atoms with E-state index in [1.54, 1.807) is 6.07 Å². The Labute approximate surface area is 199 Å². The van der Waals surface area contributed by atoms with E-state index in [1.165, 1.54) is 27.4 Å². The van der Waals surface area contributed by atoms with Crippen LogP contribution in [0.3, 0.4) is 0 Å². The van der Waals surface area contributed by atoms with E-state index in [0.29, 0.717) is 37.7 Å². The lowest BCUT2D eigenvalue weighted by Gasteiger charge is -2.32. The van der Waals surface area contributed by atoms with Crippen molar-refractivity contribution in [3.8, 4) is 0 Å². The normalized spacial score (nSPS) is 18.6. The first-order chi connectivity index (χ1) is 15.9. The summed E-state index contributed by atoms with van der Waals surface area (Å²) >= 11 is 6.28. The molecule has 6 nitrogen and oxygen atoms in total. The van der Waals surface area contributed by atoms with Crippen LogP contribution in [0, 0.1) is 0 Å². The van der Waals surface area contributed by atoms with Gasteiger partial charge in [0.25, 0.3) is 5.91 Å². The molecule has 2 fully saturated rings. The number of carbonyl (C=O) groups is 1. The molecule has 0 atom stereocenters. The molecule has 0 bridgehead atoms. The van der Waals surface area contributed by atoms with E-state index < -0.39 is 10.0 Å². The van der Waals surface area contributed by atoms with Crippen LogP contribution in [0.1, 0.15) is 53.9 Å². The van der Waals surface area contributed by atoms with Crippen molar-refractivity contribution in [3.63, 3.8) is 0 Å². The summed E-state index contributed by atoms with van der Waals surface area (Å²) in [6, 6.07) is 12.9. The fourth-order valence-electron chi connectivity index (χ4n) is 5.09. The number of H-pyrrole nitrogens is 1. The highest BCUT2D eigenvalue weighted by atomic mass is 35.5. The Morgan fingerprint density at radius 2 is 1.70 bits per heavy atom. The SMILES string of the molecule is O=C(c1ccc(Cl)c(S(=O)(=O)N2CCCCC2)c1)N1CCC(c2c[nH]c3ccccc23)CC1. The zero-order valence-corrected chi connectivity index (χ0v) is 20.0. The number of carbonyl (C=O) groups excluding carboxylic acids is 1. The zero-order chi connectivity index (χ0) is 23.0. The number of hydrogen-bond acceptors (Lipinski definition) is 3. The van der Waals surface area contributed by atoms with E-state index in [9.17, 15) is 13.2 Å². The van der Waals surface area contributed by atoms with Gasteiger partial charge in [-0.3, -0.25) is 4.79 Å². The van der Waals surface area contributed by atoms with Crippen molar-refractivity contribution in [2.24, 2.45) is 0 Å². The van der Waals surface area contributed by atoms with Crippen LogP contribution in [0.15, 0.2) is 53.6 Å². The lowest BCUT2D eigenvalue weighted by molar-refractivity contribution is 0.0713. The largest absolute Gasteiger partial charge is 0.361 e. The van der Waals surface area contributed by atoms with Gasteiger partial charge in [0.05, 0.1) is 5.02 Å². The summed E-state index contributed by atoms with van der Waals surface area (Å²) in [4.78, 5) is 18.4. The number of hydrogen-bond donors (Lipinski definition) is 1. The number of halogens is 1. The number of para-hydroxylation sites is 1. The van der Waals surface area contributed by atoms with Gasteiger partial charge in [-0.2, -0.15) is 4.31 Å². The van der Waals surface area contributed by atoms with E-state index >= 15 is 0 Å². The first-order valence-corrected chi connectivity index (χ1v) is 13.4. The van der Waals surface area contributed by atoms with Crippen molar-refractivity contribution in [1.82, 2.24) is 14.2 Å². The van der Waals surface area contributed by atoms with Crippen molar-refractivity contribution in [3.05, 3.63) is 64.8 Å². The van der Waals surface area contributed by atoms with Gasteiger partial charge in [0.15, 0.2) is 0 Å². The Bertz CT molecular complexity index is 1270. The van der Waals surface area contributed by atoms with Crippen LogP contribution in [0.2, 0.25) is 5.02 Å². The first kappa shape index (κ1) is 22.4. The van der Waals surface area contributed by atoms with Crippen LogP contribution >= 0.6 is 11.6 Å². The second-order valence-electron chi connectivity index (χ2n) is 8.97. The molecule has 2 aromatic carbocycles. The third-order valence-corrected chi connectivity index (χ3v) is 9.33. The van der Waals surface area contributed by atoms with Crippen molar-refractivity contribution in [2.45, 2.75) is 42.9 Å². The van der Waals surface area contributed by atoms with Crippen LogP contribution in [0.5, 0.6) is 0 Å². The summed E-state index contributed by atoms with van der Waals surface area (Å²) in [7, 11) is -3.71. The number of sulfonamides is 1. The average Bonchev–Trinajstić information content (AvgIpc) is 3.29. The van der Waals surface area contributed by atoms with Crippen molar-refractivity contribution >= 4 is 38.4 Å². The Hall–Kier alpha value is -2.35. The van der Waals surface area contributed by atoms with E-state index in [4.69, 9.17) is 11.6 Å². The maximum absolute atomic E-state index is 13.2. The molecule has 0 unspecified atom stereocenters. The van der Waals surface area contributed by atoms with Crippen molar-refractivity contribution in [1.29, 1.82) is 0 Å². The number of nitrogens with zero attached hydrogens (tertiary/aromatic N) is 2. The summed E-state index contributed by atoms with van der Waals surface area (Å²) in [6.07, 6.45) is 6.57. The smallest absolute Gasteiger partial charge is 0.253 e. The minimum atomic E-state index is -3.71. The number of aromatic amines is 1. The maximum Gasteiger partial charge on any atom is 0.253 e. The minimum absolute atomic E-state index is 0.0330. The van der Waals surface area contributed by atoms with E-state index in [-0.39, 0.29) is 15.8 Å². The van der Waals surface area contributed by atoms with Gasteiger partial charge in [-0.15, -0.1) is 0 Å². The van der Waals surface area contributed by atoms with E-state index in [2.05, 4.69) is 23.3 Å². The molecule has 0 saturated carbocycles. The van der Waals surface area contributed by atoms with Gasteiger partial charge in [-0.1, -0.05) is 36.2 Å². The third kappa shape index (κ3) is 4.29. The monoisotopic (exact) mass is 485 g/mol. The molecule has 1 amide bonds. The second-order valence-corrected chi connectivity index (χ2v) is 11.3. The number of likely N-dealkylation sites (tertiary alicyclic amines) is 1. The molecule has 2 aliphatic rings. The molecule has 0 radical (unpaired) electrons. The van der Waals surface area contributed by atoms with Gasteiger partial charge >= 0.3 is 0 Å². The highest BCUT2D eigenvalue weighted by Crippen LogP contribution is 2.34. The van der Waals surface area contributed by atoms with Crippen LogP contribution in [0.4, 0.5) is 0 Å². The topological polar surface area (TPSA) is 73.5 Å². The van der Waals surface area contributed by atoms with Crippen LogP contribution in [-0.2, 0) is 10.0 Å². The Balaban J connectivity index is 1.32. The van der Waals surface area contributed by atoms with Crippen molar-refractivity contribution in [2.75, 3.05) is 26.2 Å². The van der Waals surface area contributed by atoms with Gasteiger partial charge in [0.2, 0.25) is 10.0 Å². The third-order valence-electron chi connectivity index (χ3n) is 6.95. The molecule has 8 heteroatoms. The predicted molar refractivity (Wildman–Crippen MR) is 130 cm³/mol. The molecule has 174 valence electrons. The Morgan fingerprint density at radius 3 is 2.45 bits per heavy atom. The van der Waals surface area contributed by atoms with Gasteiger partial charge in [0.1, 0.15) is 4.90 Å². The van der Waals surface area contributed by atoms with E-state index in [1.807, 2.05) is 17.0 Å². The predicted octanol–water partition coefficient (Wildman–Crippen LogP) is 5.02. The fourth-order valence-corrected chi connectivity index (χ4v) is 7.10. The molecule has 1 N–H and O–H groups in total. The van der Waals surface area contributed by atoms with Gasteiger partial charge in [-0.25, -0.2) is 8.42 Å². The summed E-state index contributed by atoms with van der Waals surface area (Å²) in [5.41, 5.74) is 2.81. The molecule has 1 aromatic heterocycles. The highest BCUT2D eigenvalue weighted by Gasteiger charge is 2.30. The fraction of sp³-hybridized carbons (Fsp3) is 0.400.